The Kier molecular flexibility index (Phi) is 5.35. The van der Waals surface area contributed by atoms with E-state index in [2.05, 4.69) is 0 Å². The molecule has 1 aromatic rings. The van der Waals surface area contributed by atoms with Crippen LogP contribution in [0.25, 0.3) is 0 Å². The number of aliphatic hydroxyl groups is 1. The topological polar surface area (TPSA) is 49.8 Å². The summed E-state index contributed by atoms with van der Waals surface area (Å²) in [6, 6.07) is 9.03. The van der Waals surface area contributed by atoms with Crippen molar-refractivity contribution in [3.8, 4) is 5.75 Å². The second-order valence-corrected chi connectivity index (χ2v) is 4.98. The first-order chi connectivity index (χ1) is 9.70. The molecule has 2 atom stereocenters. The van der Waals surface area contributed by atoms with Gasteiger partial charge >= 0.3 is 0 Å². The molecular formula is C15H20FNO3. The average Bonchev–Trinajstić information content (AvgIpc) is 2.86. The fraction of sp³-hybridized carbons (Fsp3) is 0.533. The maximum absolute atomic E-state index is 13.3. The van der Waals surface area contributed by atoms with E-state index in [1.807, 2.05) is 30.3 Å². The molecule has 1 amide bonds. The first-order valence-corrected chi connectivity index (χ1v) is 6.93. The highest BCUT2D eigenvalue weighted by Crippen LogP contribution is 2.21. The molecule has 1 saturated heterocycles. The highest BCUT2D eigenvalue weighted by molar-refractivity contribution is 5.76. The minimum Gasteiger partial charge on any atom is -0.494 e. The first-order valence-electron chi connectivity index (χ1n) is 6.93. The van der Waals surface area contributed by atoms with Crippen LogP contribution in [0.3, 0.4) is 0 Å². The molecule has 0 aliphatic carbocycles. The van der Waals surface area contributed by atoms with E-state index in [9.17, 15) is 9.18 Å². The van der Waals surface area contributed by atoms with Crippen LogP contribution < -0.4 is 4.74 Å². The molecule has 110 valence electrons. The Labute approximate surface area is 118 Å². The van der Waals surface area contributed by atoms with Gasteiger partial charge in [-0.2, -0.15) is 0 Å². The summed E-state index contributed by atoms with van der Waals surface area (Å²) in [5.74, 6) is 0.666. The lowest BCUT2D eigenvalue weighted by Crippen LogP contribution is -2.37. The van der Waals surface area contributed by atoms with E-state index in [1.165, 1.54) is 4.90 Å². The van der Waals surface area contributed by atoms with E-state index in [-0.39, 0.29) is 31.5 Å². The van der Waals surface area contributed by atoms with E-state index in [4.69, 9.17) is 9.84 Å². The van der Waals surface area contributed by atoms with E-state index in [1.54, 1.807) is 0 Å². The Bertz CT molecular complexity index is 426. The summed E-state index contributed by atoms with van der Waals surface area (Å²) in [7, 11) is 0. The van der Waals surface area contributed by atoms with Crippen molar-refractivity contribution >= 4 is 5.91 Å². The molecule has 0 saturated carbocycles. The van der Waals surface area contributed by atoms with Crippen molar-refractivity contribution in [1.29, 1.82) is 0 Å². The van der Waals surface area contributed by atoms with Gasteiger partial charge in [0.15, 0.2) is 0 Å². The van der Waals surface area contributed by atoms with Crippen LogP contribution >= 0.6 is 0 Å². The van der Waals surface area contributed by atoms with Crippen molar-refractivity contribution in [2.24, 2.45) is 0 Å². The van der Waals surface area contributed by atoms with Gasteiger partial charge in [-0.1, -0.05) is 18.2 Å². The number of rotatable bonds is 6. The number of likely N-dealkylation sites (tertiary alicyclic amines) is 1. The number of hydrogen-bond donors (Lipinski definition) is 1. The molecule has 0 spiro atoms. The minimum atomic E-state index is -1.02. The van der Waals surface area contributed by atoms with Gasteiger partial charge in [-0.3, -0.25) is 4.79 Å². The molecule has 1 aliphatic rings. The van der Waals surface area contributed by atoms with Gasteiger partial charge in [0.25, 0.3) is 0 Å². The van der Waals surface area contributed by atoms with Crippen molar-refractivity contribution in [2.75, 3.05) is 19.8 Å². The van der Waals surface area contributed by atoms with Crippen LogP contribution in [-0.4, -0.2) is 47.9 Å². The summed E-state index contributed by atoms with van der Waals surface area (Å²) < 4.78 is 18.8. The van der Waals surface area contributed by atoms with Gasteiger partial charge in [0, 0.05) is 12.8 Å². The molecule has 2 rings (SSSR count). The lowest BCUT2D eigenvalue weighted by molar-refractivity contribution is -0.133. The molecule has 2 unspecified atom stereocenters. The van der Waals surface area contributed by atoms with Gasteiger partial charge in [0.1, 0.15) is 11.9 Å². The van der Waals surface area contributed by atoms with Gasteiger partial charge in [0.2, 0.25) is 5.91 Å². The molecule has 0 aromatic heterocycles. The summed E-state index contributed by atoms with van der Waals surface area (Å²) in [4.78, 5) is 13.4. The van der Waals surface area contributed by atoms with Crippen LogP contribution in [0.15, 0.2) is 30.3 Å². The molecule has 1 aliphatic heterocycles. The lowest BCUT2D eigenvalue weighted by Gasteiger charge is -2.22. The molecular weight excluding hydrogens is 261 g/mol. The van der Waals surface area contributed by atoms with Crippen LogP contribution in [0.1, 0.15) is 19.3 Å². The van der Waals surface area contributed by atoms with Crippen LogP contribution in [-0.2, 0) is 4.79 Å². The molecule has 0 radical (unpaired) electrons. The van der Waals surface area contributed by atoms with Gasteiger partial charge in [0.05, 0.1) is 25.8 Å². The zero-order valence-electron chi connectivity index (χ0n) is 11.4. The Morgan fingerprint density at radius 3 is 2.85 bits per heavy atom. The van der Waals surface area contributed by atoms with E-state index in [0.717, 1.165) is 5.75 Å². The Morgan fingerprint density at radius 1 is 1.40 bits per heavy atom. The van der Waals surface area contributed by atoms with E-state index < -0.39 is 6.17 Å². The van der Waals surface area contributed by atoms with Gasteiger partial charge in [-0.25, -0.2) is 4.39 Å². The minimum absolute atomic E-state index is 0.101. The molecule has 4 nitrogen and oxygen atoms in total. The summed E-state index contributed by atoms with van der Waals surface area (Å²) in [5, 5.41) is 9.14. The summed E-state index contributed by atoms with van der Waals surface area (Å²) >= 11 is 0. The standard InChI is InChI=1S/C15H20FNO3/c16-12-9-13(11-18)17(10-12)15(19)7-4-8-20-14-5-2-1-3-6-14/h1-3,5-6,12-13,18H,4,7-11H2. The van der Waals surface area contributed by atoms with Crippen molar-refractivity contribution in [1.82, 2.24) is 4.90 Å². The Morgan fingerprint density at radius 2 is 2.15 bits per heavy atom. The number of benzene rings is 1. The number of carbonyl (C=O) groups excluding carboxylic acids is 1. The van der Waals surface area contributed by atoms with Crippen LogP contribution in [0.4, 0.5) is 4.39 Å². The fourth-order valence-electron chi connectivity index (χ4n) is 2.41. The molecule has 1 heterocycles. The van der Waals surface area contributed by atoms with Crippen molar-refractivity contribution in [3.63, 3.8) is 0 Å². The number of nitrogens with zero attached hydrogens (tertiary/aromatic N) is 1. The van der Waals surface area contributed by atoms with Crippen molar-refractivity contribution in [2.45, 2.75) is 31.5 Å². The highest BCUT2D eigenvalue weighted by atomic mass is 19.1. The van der Waals surface area contributed by atoms with Crippen molar-refractivity contribution < 1.29 is 19.0 Å². The normalized spacial score (nSPS) is 22.0. The molecule has 0 bridgehead atoms. The predicted octanol–water partition coefficient (Wildman–Crippen LogP) is 1.78. The van der Waals surface area contributed by atoms with E-state index in [0.29, 0.717) is 19.4 Å². The smallest absolute Gasteiger partial charge is 0.223 e. The van der Waals surface area contributed by atoms with Gasteiger partial charge in [-0.15, -0.1) is 0 Å². The number of hydrogen-bond acceptors (Lipinski definition) is 3. The molecule has 1 N–H and O–H groups in total. The molecule has 20 heavy (non-hydrogen) atoms. The fourth-order valence-corrected chi connectivity index (χ4v) is 2.41. The zero-order chi connectivity index (χ0) is 14.4. The van der Waals surface area contributed by atoms with Crippen LogP contribution in [0.2, 0.25) is 0 Å². The Hall–Kier alpha value is -1.62. The van der Waals surface area contributed by atoms with Gasteiger partial charge in [-0.05, 0) is 18.6 Å². The second-order valence-electron chi connectivity index (χ2n) is 4.98. The van der Waals surface area contributed by atoms with E-state index >= 15 is 0 Å². The molecule has 1 fully saturated rings. The highest BCUT2D eigenvalue weighted by Gasteiger charge is 2.34. The largest absolute Gasteiger partial charge is 0.494 e. The number of ether oxygens (including phenoxy) is 1. The van der Waals surface area contributed by atoms with Crippen molar-refractivity contribution in [3.05, 3.63) is 30.3 Å². The molecule has 1 aromatic carbocycles. The maximum Gasteiger partial charge on any atom is 0.223 e. The Balaban J connectivity index is 1.70. The SMILES string of the molecule is O=C(CCCOc1ccccc1)N1CC(F)CC1CO. The molecule has 5 heteroatoms. The third kappa shape index (κ3) is 3.93. The predicted molar refractivity (Wildman–Crippen MR) is 73.3 cm³/mol. The maximum atomic E-state index is 13.3. The monoisotopic (exact) mass is 281 g/mol. The quantitative estimate of drug-likeness (QED) is 0.809. The zero-order valence-corrected chi connectivity index (χ0v) is 11.4. The average molecular weight is 281 g/mol. The summed E-state index contributed by atoms with van der Waals surface area (Å²) in [6.45, 7) is 0.378. The number of alkyl halides is 1. The van der Waals surface area contributed by atoms with Crippen LogP contribution in [0, 0.1) is 0 Å². The summed E-state index contributed by atoms with van der Waals surface area (Å²) in [6.07, 6.45) is 0.120. The number of aliphatic hydroxyl groups excluding tert-OH is 1. The third-order valence-corrected chi connectivity index (χ3v) is 3.44. The summed E-state index contributed by atoms with van der Waals surface area (Å²) in [5.41, 5.74) is 0. The lowest BCUT2D eigenvalue weighted by atomic mass is 10.2. The number of para-hydroxylation sites is 1. The third-order valence-electron chi connectivity index (χ3n) is 3.44. The second kappa shape index (κ2) is 7.24. The van der Waals surface area contributed by atoms with Gasteiger partial charge < -0.3 is 14.7 Å². The first kappa shape index (κ1) is 14.8. The number of halogens is 1. The number of amides is 1. The van der Waals surface area contributed by atoms with Crippen LogP contribution in [0.5, 0.6) is 5.75 Å². The number of carbonyl (C=O) groups is 1.